The molecule has 1 aromatic carbocycles. The number of ketones is 1. The van der Waals surface area contributed by atoms with E-state index in [1.54, 1.807) is 25.3 Å². The van der Waals surface area contributed by atoms with Crippen LogP contribution in [-0.4, -0.2) is 35.0 Å². The SMILES string of the molecule is C=Cc1ccc(-c2cn(C3(C)CCOCC3)c3ncc(/C(C(C)=O)=C(\C)N)cc23)c(F)c1.CC.CC(F)F. The molecule has 0 atom stereocenters. The van der Waals surface area contributed by atoms with Crippen LogP contribution in [0.1, 0.15) is 65.5 Å². The molecule has 0 amide bonds. The molecular formula is C30H38F3N3O2. The van der Waals surface area contributed by atoms with Crippen molar-refractivity contribution in [2.24, 2.45) is 5.73 Å². The Bertz CT molecular complexity index is 1300. The van der Waals surface area contributed by atoms with Gasteiger partial charge in [-0.25, -0.2) is 18.2 Å². The van der Waals surface area contributed by atoms with Crippen molar-refractivity contribution in [2.75, 3.05) is 13.2 Å². The Morgan fingerprint density at radius 2 is 1.79 bits per heavy atom. The average molecular weight is 530 g/mol. The van der Waals surface area contributed by atoms with Crippen LogP contribution < -0.4 is 5.73 Å². The molecule has 1 fully saturated rings. The monoisotopic (exact) mass is 529 g/mol. The molecule has 1 aliphatic rings. The first-order valence-corrected chi connectivity index (χ1v) is 12.8. The van der Waals surface area contributed by atoms with Gasteiger partial charge in [-0.1, -0.05) is 38.6 Å². The van der Waals surface area contributed by atoms with Crippen LogP contribution in [0.5, 0.6) is 0 Å². The predicted molar refractivity (Wildman–Crippen MR) is 149 cm³/mol. The molecule has 0 unspecified atom stereocenters. The maximum absolute atomic E-state index is 15.1. The minimum atomic E-state index is -2.17. The molecule has 0 radical (unpaired) electrons. The van der Waals surface area contributed by atoms with Crippen LogP contribution in [0.15, 0.2) is 48.9 Å². The number of nitrogens with two attached hydrogens (primary N) is 1. The number of rotatable bonds is 5. The molecule has 1 aliphatic heterocycles. The van der Waals surface area contributed by atoms with Crippen molar-refractivity contribution in [1.29, 1.82) is 0 Å². The Labute approximate surface area is 223 Å². The van der Waals surface area contributed by atoms with Crippen LogP contribution in [0.4, 0.5) is 13.2 Å². The van der Waals surface area contributed by atoms with E-state index in [1.165, 1.54) is 13.0 Å². The minimum absolute atomic E-state index is 0.134. The van der Waals surface area contributed by atoms with Crippen LogP contribution in [0, 0.1) is 5.82 Å². The number of hydrogen-bond acceptors (Lipinski definition) is 4. The van der Waals surface area contributed by atoms with Gasteiger partial charge in [-0.05, 0) is 58.2 Å². The molecule has 4 rings (SSSR count). The van der Waals surface area contributed by atoms with E-state index in [0.29, 0.717) is 41.2 Å². The third-order valence-corrected chi connectivity index (χ3v) is 6.35. The standard InChI is InChI=1S/C26H28FN3O2.C2H4F2.C2H6/c1-5-18-6-7-20(23(27)12-18)22-15-30(26(4)8-10-32-11-9-26)25-21(22)13-19(14-29-25)24(16(2)28)17(3)31;1-2(3)4;1-2/h5-7,12-15H,1,8-11,28H2,2-4H3;2H,1H3;1-2H3/b24-16+;;. The normalized spacial score (nSPS) is 15.1. The summed E-state index contributed by atoms with van der Waals surface area (Å²) in [6.07, 6.45) is 4.77. The maximum atomic E-state index is 15.1. The lowest BCUT2D eigenvalue weighted by molar-refractivity contribution is -0.111. The van der Waals surface area contributed by atoms with Gasteiger partial charge in [0.2, 0.25) is 6.43 Å². The molecule has 0 aliphatic carbocycles. The van der Waals surface area contributed by atoms with Crippen LogP contribution in [-0.2, 0) is 15.1 Å². The molecular weight excluding hydrogens is 491 g/mol. The molecule has 0 bridgehead atoms. The summed E-state index contributed by atoms with van der Waals surface area (Å²) in [4.78, 5) is 17.0. The summed E-state index contributed by atoms with van der Waals surface area (Å²) in [5.74, 6) is -0.466. The zero-order valence-corrected chi connectivity index (χ0v) is 23.1. The Hall–Kier alpha value is -3.39. The van der Waals surface area contributed by atoms with Crippen LogP contribution in [0.3, 0.4) is 0 Å². The molecule has 38 heavy (non-hydrogen) atoms. The Kier molecular flexibility index (Phi) is 10.9. The lowest BCUT2D eigenvalue weighted by Gasteiger charge is -2.35. The third kappa shape index (κ3) is 6.92. The number of hydrogen-bond donors (Lipinski definition) is 1. The molecule has 1 saturated heterocycles. The first kappa shape index (κ1) is 30.8. The van der Waals surface area contributed by atoms with E-state index in [4.69, 9.17) is 15.5 Å². The van der Waals surface area contributed by atoms with E-state index in [0.717, 1.165) is 36.4 Å². The summed E-state index contributed by atoms with van der Waals surface area (Å²) in [6.45, 7) is 15.2. The van der Waals surface area contributed by atoms with E-state index in [-0.39, 0.29) is 17.1 Å². The van der Waals surface area contributed by atoms with Gasteiger partial charge in [-0.2, -0.15) is 0 Å². The van der Waals surface area contributed by atoms with E-state index in [2.05, 4.69) is 18.1 Å². The molecule has 0 spiro atoms. The number of pyridine rings is 1. The second-order valence-electron chi connectivity index (χ2n) is 9.19. The van der Waals surface area contributed by atoms with Gasteiger partial charge in [-0.15, -0.1) is 0 Å². The largest absolute Gasteiger partial charge is 0.402 e. The number of allylic oxidation sites excluding steroid dienone is 2. The van der Waals surface area contributed by atoms with Crippen molar-refractivity contribution in [3.63, 3.8) is 0 Å². The number of ether oxygens (including phenoxy) is 1. The number of benzene rings is 1. The summed E-state index contributed by atoms with van der Waals surface area (Å²) in [5, 5.41) is 0.778. The smallest absolute Gasteiger partial charge is 0.235 e. The topological polar surface area (TPSA) is 70.1 Å². The molecule has 2 aromatic heterocycles. The predicted octanol–water partition coefficient (Wildman–Crippen LogP) is 7.59. The molecule has 3 aromatic rings. The van der Waals surface area contributed by atoms with Gasteiger partial charge in [0.1, 0.15) is 11.5 Å². The highest BCUT2D eigenvalue weighted by Gasteiger charge is 2.32. The van der Waals surface area contributed by atoms with Gasteiger partial charge in [0, 0.05) is 64.5 Å². The molecule has 2 N–H and O–H groups in total. The Morgan fingerprint density at radius 3 is 2.29 bits per heavy atom. The number of fused-ring (bicyclic) bond motifs is 1. The lowest BCUT2D eigenvalue weighted by atomic mass is 9.92. The molecule has 8 heteroatoms. The van der Waals surface area contributed by atoms with Gasteiger partial charge in [-0.3, -0.25) is 4.79 Å². The summed E-state index contributed by atoms with van der Waals surface area (Å²) in [6, 6.07) is 6.97. The third-order valence-electron chi connectivity index (χ3n) is 6.35. The van der Waals surface area contributed by atoms with E-state index in [1.807, 2.05) is 32.2 Å². The highest BCUT2D eigenvalue weighted by atomic mass is 19.3. The second-order valence-corrected chi connectivity index (χ2v) is 9.19. The average Bonchev–Trinajstić information content (AvgIpc) is 3.24. The first-order valence-electron chi connectivity index (χ1n) is 12.8. The Morgan fingerprint density at radius 1 is 1.18 bits per heavy atom. The van der Waals surface area contributed by atoms with Gasteiger partial charge in [0.05, 0.1) is 0 Å². The summed E-state index contributed by atoms with van der Waals surface area (Å²) >= 11 is 0. The van der Waals surface area contributed by atoms with Gasteiger partial charge < -0.3 is 15.0 Å². The minimum Gasteiger partial charge on any atom is -0.402 e. The van der Waals surface area contributed by atoms with Crippen molar-refractivity contribution in [2.45, 2.75) is 66.3 Å². The summed E-state index contributed by atoms with van der Waals surface area (Å²) in [7, 11) is 0. The summed E-state index contributed by atoms with van der Waals surface area (Å²) in [5.41, 5.74) is 9.96. The van der Waals surface area contributed by atoms with Gasteiger partial charge >= 0.3 is 0 Å². The van der Waals surface area contributed by atoms with Crippen LogP contribution in [0.25, 0.3) is 33.8 Å². The van der Waals surface area contributed by atoms with E-state index in [9.17, 15) is 13.6 Å². The number of alkyl halides is 2. The number of carbonyl (C=O) groups excluding carboxylic acids is 1. The zero-order chi connectivity index (χ0) is 28.6. The lowest BCUT2D eigenvalue weighted by Crippen LogP contribution is -2.36. The van der Waals surface area contributed by atoms with Crippen molar-refractivity contribution in [1.82, 2.24) is 9.55 Å². The number of nitrogens with zero attached hydrogens (tertiary/aromatic N) is 2. The second kappa shape index (κ2) is 13.4. The molecule has 5 nitrogen and oxygen atoms in total. The number of Topliss-reactive ketones (excluding diaryl/α,β-unsaturated/α-hetero) is 1. The molecule has 3 heterocycles. The molecule has 206 valence electrons. The van der Waals surface area contributed by atoms with Gasteiger partial charge in [0.25, 0.3) is 0 Å². The van der Waals surface area contributed by atoms with Crippen molar-refractivity contribution < 1.29 is 22.7 Å². The van der Waals surface area contributed by atoms with Crippen LogP contribution >= 0.6 is 0 Å². The van der Waals surface area contributed by atoms with Crippen molar-refractivity contribution in [3.05, 3.63) is 65.9 Å². The number of carbonyl (C=O) groups is 1. The van der Waals surface area contributed by atoms with E-state index >= 15 is 4.39 Å². The summed E-state index contributed by atoms with van der Waals surface area (Å²) < 4.78 is 43.5. The maximum Gasteiger partial charge on any atom is 0.235 e. The number of halogens is 3. The first-order chi connectivity index (χ1) is 18.0. The quantitative estimate of drug-likeness (QED) is 0.346. The number of aromatic nitrogens is 2. The fraction of sp³-hybridized carbons (Fsp3) is 0.400. The van der Waals surface area contributed by atoms with Crippen molar-refractivity contribution in [3.8, 4) is 11.1 Å². The van der Waals surface area contributed by atoms with Gasteiger partial charge in [0.15, 0.2) is 5.78 Å². The fourth-order valence-corrected chi connectivity index (χ4v) is 4.51. The van der Waals surface area contributed by atoms with E-state index < -0.39 is 6.43 Å². The molecule has 0 saturated carbocycles. The van der Waals surface area contributed by atoms with Crippen molar-refractivity contribution >= 4 is 28.5 Å². The highest BCUT2D eigenvalue weighted by molar-refractivity contribution is 6.20. The van der Waals surface area contributed by atoms with Crippen LogP contribution in [0.2, 0.25) is 0 Å². The highest BCUT2D eigenvalue weighted by Crippen LogP contribution is 2.39. The zero-order valence-electron chi connectivity index (χ0n) is 23.1. The Balaban J connectivity index is 0.000000773. The fourth-order valence-electron chi connectivity index (χ4n) is 4.51.